The number of nitrogens with two attached hydrogens (primary N) is 3. The van der Waals surface area contributed by atoms with Crippen LogP contribution in [0.25, 0.3) is 10.9 Å². The Bertz CT molecular complexity index is 1130. The number of halogens is 1. The highest BCUT2D eigenvalue weighted by atomic mass is 19.1. The zero-order chi connectivity index (χ0) is 21.7. The molecular weight excluding hydrogens is 395 g/mol. The second-order valence-electron chi connectivity index (χ2n) is 8.02. The predicted molar refractivity (Wildman–Crippen MR) is 110 cm³/mol. The van der Waals surface area contributed by atoms with Gasteiger partial charge in [0.2, 0.25) is 0 Å². The molecule has 0 radical (unpaired) electrons. The Hall–Kier alpha value is -3.15. The second kappa shape index (κ2) is 7.27. The smallest absolute Gasteiger partial charge is 0.350 e. The summed E-state index contributed by atoms with van der Waals surface area (Å²) >= 11 is 0. The number of fused-ring (bicyclic) bond motifs is 1. The van der Waals surface area contributed by atoms with Gasteiger partial charge in [0.25, 0.3) is 5.56 Å². The predicted octanol–water partition coefficient (Wildman–Crippen LogP) is -1.31. The Labute approximate surface area is 170 Å². The van der Waals surface area contributed by atoms with Gasteiger partial charge in [-0.15, -0.1) is 0 Å². The summed E-state index contributed by atoms with van der Waals surface area (Å²) in [4.78, 5) is 42.2. The Kier molecular flexibility index (Phi) is 4.88. The molecule has 1 saturated carbocycles. The van der Waals surface area contributed by atoms with Crippen LogP contribution in [0, 0.1) is 12.8 Å². The zero-order valence-electron chi connectivity index (χ0n) is 16.5. The molecule has 3 heterocycles. The highest BCUT2D eigenvalue weighted by Gasteiger charge is 2.38. The maximum atomic E-state index is 14.7. The van der Waals surface area contributed by atoms with E-state index in [1.807, 2.05) is 0 Å². The summed E-state index contributed by atoms with van der Waals surface area (Å²) in [6.45, 7) is 2.17. The van der Waals surface area contributed by atoms with E-state index in [0.717, 1.165) is 12.8 Å². The first-order valence-electron chi connectivity index (χ1n) is 9.80. The number of urea groups is 1. The molecule has 2 amide bonds. The minimum absolute atomic E-state index is 0.0158. The van der Waals surface area contributed by atoms with Crippen LogP contribution in [-0.4, -0.2) is 52.1 Å². The molecule has 3 atom stereocenters. The molecule has 30 heavy (non-hydrogen) atoms. The number of pyridine rings is 1. The Balaban J connectivity index is 1.72. The molecule has 0 bridgehead atoms. The topological polar surface area (TPSA) is 167 Å². The third-order valence-corrected chi connectivity index (χ3v) is 5.93. The van der Waals surface area contributed by atoms with Gasteiger partial charge in [-0.1, -0.05) is 0 Å². The number of anilines is 1. The number of carbonyl (C=O) groups excluding carboxylic acids is 1. The van der Waals surface area contributed by atoms with Gasteiger partial charge in [0.05, 0.1) is 17.4 Å². The van der Waals surface area contributed by atoms with Gasteiger partial charge in [-0.2, -0.15) is 4.68 Å². The molecule has 2 fully saturated rings. The summed E-state index contributed by atoms with van der Waals surface area (Å²) in [7, 11) is 0. The Morgan fingerprint density at radius 1 is 1.37 bits per heavy atom. The average molecular weight is 420 g/mol. The van der Waals surface area contributed by atoms with Crippen LogP contribution in [0.5, 0.6) is 0 Å². The molecule has 11 nitrogen and oxygen atoms in total. The minimum atomic E-state index is -1.23. The molecule has 1 aliphatic heterocycles. The molecule has 2 aromatic rings. The SMILES string of the molecule is Cc1c(N2CC(F)C(C(N)CNC(N)=O)C2)ncc2c(=O)n(N)c(=O)n(C3CC3)c12. The third-order valence-electron chi connectivity index (χ3n) is 5.93. The minimum Gasteiger partial charge on any atom is -0.353 e. The van der Waals surface area contributed by atoms with Crippen molar-refractivity contribution in [1.82, 2.24) is 19.5 Å². The first-order chi connectivity index (χ1) is 14.2. The second-order valence-corrected chi connectivity index (χ2v) is 8.02. The van der Waals surface area contributed by atoms with E-state index in [4.69, 9.17) is 17.3 Å². The number of aromatic nitrogens is 3. The quantitative estimate of drug-likeness (QED) is 0.435. The van der Waals surface area contributed by atoms with E-state index in [1.54, 1.807) is 16.4 Å². The van der Waals surface area contributed by atoms with Crippen molar-refractivity contribution in [3.63, 3.8) is 0 Å². The fraction of sp³-hybridized carbons (Fsp3) is 0.556. The van der Waals surface area contributed by atoms with Gasteiger partial charge in [0.15, 0.2) is 0 Å². The molecule has 1 aliphatic carbocycles. The van der Waals surface area contributed by atoms with Crippen molar-refractivity contribution in [1.29, 1.82) is 0 Å². The van der Waals surface area contributed by atoms with Gasteiger partial charge < -0.3 is 27.5 Å². The summed E-state index contributed by atoms with van der Waals surface area (Å²) in [6.07, 6.45) is 1.81. The van der Waals surface area contributed by atoms with Crippen LogP contribution in [0.15, 0.2) is 15.8 Å². The fourth-order valence-electron chi connectivity index (χ4n) is 4.21. The van der Waals surface area contributed by atoms with Gasteiger partial charge in [-0.3, -0.25) is 9.36 Å². The number of nitrogens with zero attached hydrogens (tertiary/aromatic N) is 4. The molecule has 12 heteroatoms. The molecule has 3 unspecified atom stereocenters. The van der Waals surface area contributed by atoms with Gasteiger partial charge >= 0.3 is 11.7 Å². The van der Waals surface area contributed by atoms with E-state index in [-0.39, 0.29) is 31.1 Å². The van der Waals surface area contributed by atoms with E-state index in [0.29, 0.717) is 21.6 Å². The van der Waals surface area contributed by atoms with Crippen LogP contribution >= 0.6 is 0 Å². The van der Waals surface area contributed by atoms with Crippen LogP contribution in [0.3, 0.4) is 0 Å². The van der Waals surface area contributed by atoms with Crippen molar-refractivity contribution in [2.75, 3.05) is 30.4 Å². The van der Waals surface area contributed by atoms with E-state index in [2.05, 4.69) is 10.3 Å². The largest absolute Gasteiger partial charge is 0.353 e. The fourth-order valence-corrected chi connectivity index (χ4v) is 4.21. The lowest BCUT2D eigenvalue weighted by molar-refractivity contribution is 0.235. The first-order valence-corrected chi connectivity index (χ1v) is 9.80. The van der Waals surface area contributed by atoms with Crippen LogP contribution in [0.1, 0.15) is 24.4 Å². The lowest BCUT2D eigenvalue weighted by Gasteiger charge is -2.23. The summed E-state index contributed by atoms with van der Waals surface area (Å²) < 4.78 is 16.9. The zero-order valence-corrected chi connectivity index (χ0v) is 16.5. The monoisotopic (exact) mass is 420 g/mol. The lowest BCUT2D eigenvalue weighted by atomic mass is 9.98. The summed E-state index contributed by atoms with van der Waals surface area (Å²) in [6, 6.07) is -1.35. The number of nitrogen functional groups attached to an aromatic ring is 1. The standard InChI is InChI=1S/C18H25FN8O3/c1-8-14-10(16(28)27(22)18(30)26(14)9-2-3-9)4-23-15(8)25-6-11(12(19)7-25)13(20)5-24-17(21)29/h4,9,11-13H,2-3,5-7,20,22H2,1H3,(H3,21,24,29). The molecule has 162 valence electrons. The maximum absolute atomic E-state index is 14.7. The number of alkyl halides is 1. The molecule has 1 saturated heterocycles. The Morgan fingerprint density at radius 2 is 2.07 bits per heavy atom. The summed E-state index contributed by atoms with van der Waals surface area (Å²) in [5.41, 5.74) is 11.0. The van der Waals surface area contributed by atoms with E-state index >= 15 is 0 Å². The molecule has 4 rings (SSSR count). The highest BCUT2D eigenvalue weighted by molar-refractivity contribution is 5.84. The lowest BCUT2D eigenvalue weighted by Crippen LogP contribution is -2.46. The maximum Gasteiger partial charge on any atom is 0.350 e. The molecule has 7 N–H and O–H groups in total. The first kappa shape index (κ1) is 20.1. The van der Waals surface area contributed by atoms with Crippen molar-refractivity contribution in [2.24, 2.45) is 17.4 Å². The van der Waals surface area contributed by atoms with Crippen molar-refractivity contribution < 1.29 is 9.18 Å². The van der Waals surface area contributed by atoms with Gasteiger partial charge in [-0.25, -0.2) is 19.0 Å². The number of hydrogen-bond acceptors (Lipinski definition) is 7. The van der Waals surface area contributed by atoms with Crippen molar-refractivity contribution in [3.8, 4) is 0 Å². The number of nitrogens with one attached hydrogen (secondary N) is 1. The molecule has 2 aliphatic rings. The number of aryl methyl sites for hydroxylation is 1. The molecule has 0 spiro atoms. The molecule has 0 aromatic carbocycles. The average Bonchev–Trinajstić information content (AvgIpc) is 3.46. The van der Waals surface area contributed by atoms with Crippen LogP contribution in [0.2, 0.25) is 0 Å². The summed E-state index contributed by atoms with van der Waals surface area (Å²) in [5.74, 6) is 5.63. The van der Waals surface area contributed by atoms with Crippen molar-refractivity contribution in [3.05, 3.63) is 32.6 Å². The van der Waals surface area contributed by atoms with Gasteiger partial charge in [-0.05, 0) is 19.8 Å². The number of hydrogen-bond donors (Lipinski definition) is 4. The van der Waals surface area contributed by atoms with Crippen molar-refractivity contribution in [2.45, 2.75) is 38.0 Å². The van der Waals surface area contributed by atoms with Gasteiger partial charge in [0.1, 0.15) is 12.0 Å². The number of rotatable bonds is 5. The normalized spacial score (nSPS) is 22.4. The van der Waals surface area contributed by atoms with Crippen LogP contribution in [-0.2, 0) is 0 Å². The van der Waals surface area contributed by atoms with Crippen molar-refractivity contribution >= 4 is 22.8 Å². The van der Waals surface area contributed by atoms with Crippen LogP contribution < -0.4 is 38.8 Å². The summed E-state index contributed by atoms with van der Waals surface area (Å²) in [5, 5.41) is 2.65. The molecular formula is C18H25FN8O3. The Morgan fingerprint density at radius 3 is 2.70 bits per heavy atom. The highest BCUT2D eigenvalue weighted by Crippen LogP contribution is 2.37. The third kappa shape index (κ3) is 3.26. The van der Waals surface area contributed by atoms with Crippen LogP contribution in [0.4, 0.5) is 15.0 Å². The van der Waals surface area contributed by atoms with E-state index < -0.39 is 35.4 Å². The van der Waals surface area contributed by atoms with E-state index in [1.165, 1.54) is 6.20 Å². The van der Waals surface area contributed by atoms with Gasteiger partial charge in [0, 0.05) is 42.9 Å². The number of primary amides is 1. The molecule has 2 aromatic heterocycles. The number of amides is 2. The van der Waals surface area contributed by atoms with E-state index in [9.17, 15) is 18.8 Å². The number of carbonyl (C=O) groups is 1.